The number of halogens is 1. The maximum Gasteiger partial charge on any atom is 0.283 e. The van der Waals surface area contributed by atoms with Crippen molar-refractivity contribution < 1.29 is 23.8 Å². The molecule has 1 atom stereocenters. The van der Waals surface area contributed by atoms with Gasteiger partial charge in [-0.25, -0.2) is 0 Å². The molecule has 0 radical (unpaired) electrons. The number of fused-ring (bicyclic) bond motifs is 1. The van der Waals surface area contributed by atoms with Crippen molar-refractivity contribution in [3.05, 3.63) is 52.5 Å². The zero-order valence-electron chi connectivity index (χ0n) is 14.9. The van der Waals surface area contributed by atoms with E-state index in [1.807, 2.05) is 19.9 Å². The van der Waals surface area contributed by atoms with Crippen LogP contribution >= 0.6 is 11.6 Å². The van der Waals surface area contributed by atoms with Crippen molar-refractivity contribution in [2.75, 3.05) is 13.2 Å². The topological polar surface area (TPSA) is 85.9 Å². The summed E-state index contributed by atoms with van der Waals surface area (Å²) in [6.45, 7) is 3.50. The minimum absolute atomic E-state index is 0.0541. The molecular weight excluding hydrogens is 372 g/mol. The Morgan fingerprint density at radius 2 is 1.81 bits per heavy atom. The fraction of sp³-hybridized carbons (Fsp3) is 0.263. The number of hydrazine groups is 1. The number of hydrogen-bond donors (Lipinski definition) is 2. The molecule has 0 saturated carbocycles. The van der Waals surface area contributed by atoms with Crippen molar-refractivity contribution in [1.82, 2.24) is 10.9 Å². The first kappa shape index (κ1) is 18.8. The Morgan fingerprint density at radius 3 is 2.52 bits per heavy atom. The quantitative estimate of drug-likeness (QED) is 0.782. The monoisotopic (exact) mass is 390 g/mol. The normalized spacial score (nSPS) is 15.0. The molecule has 0 aliphatic carbocycles. The average molecular weight is 391 g/mol. The predicted octanol–water partition coefficient (Wildman–Crippen LogP) is 2.32. The van der Waals surface area contributed by atoms with Gasteiger partial charge in [-0.15, -0.1) is 0 Å². The Morgan fingerprint density at radius 1 is 1.15 bits per heavy atom. The molecule has 1 aliphatic heterocycles. The maximum atomic E-state index is 12.1. The molecule has 1 aliphatic rings. The standard InChI is InChI=1S/C19H19ClN2O5/c1-11-7-13(8-12(2)18(11)20)25-10-17(23)21-22-19(24)16-9-26-14-5-3-4-6-15(14)27-16/h3-8,16H,9-10H2,1-2H3,(H,21,23)(H,22,24)/t16-/m1/s1. The smallest absolute Gasteiger partial charge is 0.283 e. The predicted molar refractivity (Wildman–Crippen MR) is 99.1 cm³/mol. The SMILES string of the molecule is Cc1cc(OCC(=O)NNC(=O)[C@H]2COc3ccccc3O2)cc(C)c1Cl. The van der Waals surface area contributed by atoms with Crippen molar-refractivity contribution in [2.45, 2.75) is 20.0 Å². The van der Waals surface area contributed by atoms with Gasteiger partial charge in [-0.1, -0.05) is 23.7 Å². The van der Waals surface area contributed by atoms with Crippen molar-refractivity contribution >= 4 is 23.4 Å². The number of ether oxygens (including phenoxy) is 3. The number of hydrogen-bond acceptors (Lipinski definition) is 5. The summed E-state index contributed by atoms with van der Waals surface area (Å²) < 4.78 is 16.5. The number of aryl methyl sites for hydroxylation is 2. The van der Waals surface area contributed by atoms with Crippen LogP contribution in [0.15, 0.2) is 36.4 Å². The van der Waals surface area contributed by atoms with Gasteiger partial charge in [0.15, 0.2) is 18.1 Å². The molecule has 27 heavy (non-hydrogen) atoms. The number of rotatable bonds is 4. The van der Waals surface area contributed by atoms with Crippen LogP contribution in [0.4, 0.5) is 0 Å². The third-order valence-electron chi connectivity index (χ3n) is 3.91. The van der Waals surface area contributed by atoms with Crippen molar-refractivity contribution in [1.29, 1.82) is 0 Å². The zero-order valence-corrected chi connectivity index (χ0v) is 15.6. The van der Waals surface area contributed by atoms with Gasteiger partial charge >= 0.3 is 0 Å². The second kappa shape index (κ2) is 8.18. The first-order valence-electron chi connectivity index (χ1n) is 8.31. The van der Waals surface area contributed by atoms with Crippen LogP contribution in [0.3, 0.4) is 0 Å². The van der Waals surface area contributed by atoms with E-state index in [0.29, 0.717) is 22.3 Å². The fourth-order valence-corrected chi connectivity index (χ4v) is 2.64. The van der Waals surface area contributed by atoms with Crippen molar-refractivity contribution in [3.8, 4) is 17.2 Å². The van der Waals surface area contributed by atoms with Crippen molar-refractivity contribution in [3.63, 3.8) is 0 Å². The van der Waals surface area contributed by atoms with Gasteiger partial charge in [-0.2, -0.15) is 0 Å². The molecule has 2 aromatic rings. The Bertz CT molecular complexity index is 848. The molecule has 0 fully saturated rings. The first-order chi connectivity index (χ1) is 12.9. The molecule has 2 amide bonds. The number of para-hydroxylation sites is 2. The van der Waals surface area contributed by atoms with E-state index in [0.717, 1.165) is 11.1 Å². The lowest BCUT2D eigenvalue weighted by Gasteiger charge is -2.25. The van der Waals surface area contributed by atoms with Gasteiger partial charge in [0.25, 0.3) is 11.8 Å². The van der Waals surface area contributed by atoms with E-state index in [4.69, 9.17) is 25.8 Å². The van der Waals surface area contributed by atoms with Crippen LogP contribution in [0.5, 0.6) is 17.2 Å². The lowest BCUT2D eigenvalue weighted by Crippen LogP contribution is -2.51. The summed E-state index contributed by atoms with van der Waals surface area (Å²) in [4.78, 5) is 24.0. The molecule has 0 unspecified atom stereocenters. The number of carbonyl (C=O) groups is 2. The molecule has 1 heterocycles. The number of carbonyl (C=O) groups excluding carboxylic acids is 2. The van der Waals surface area contributed by atoms with Crippen LogP contribution in [0.2, 0.25) is 5.02 Å². The number of amides is 2. The van der Waals surface area contributed by atoms with Crippen LogP contribution < -0.4 is 25.1 Å². The summed E-state index contributed by atoms with van der Waals surface area (Å²) in [6.07, 6.45) is -0.859. The van der Waals surface area contributed by atoms with E-state index in [-0.39, 0.29) is 13.2 Å². The molecule has 0 saturated heterocycles. The van der Waals surface area contributed by atoms with E-state index < -0.39 is 17.9 Å². The fourth-order valence-electron chi connectivity index (χ4n) is 2.54. The average Bonchev–Trinajstić information content (AvgIpc) is 2.68. The summed E-state index contributed by atoms with van der Waals surface area (Å²) in [5.74, 6) is 0.554. The van der Waals surface area contributed by atoms with E-state index >= 15 is 0 Å². The van der Waals surface area contributed by atoms with Gasteiger partial charge < -0.3 is 14.2 Å². The summed E-state index contributed by atoms with van der Waals surface area (Å²) in [7, 11) is 0. The molecule has 2 N–H and O–H groups in total. The molecule has 7 nitrogen and oxygen atoms in total. The number of benzene rings is 2. The molecule has 0 aromatic heterocycles. The lowest BCUT2D eigenvalue weighted by atomic mass is 10.1. The van der Waals surface area contributed by atoms with Crippen LogP contribution in [-0.2, 0) is 9.59 Å². The minimum atomic E-state index is -0.859. The van der Waals surface area contributed by atoms with Crippen molar-refractivity contribution in [2.24, 2.45) is 0 Å². The molecule has 3 rings (SSSR count). The lowest BCUT2D eigenvalue weighted by molar-refractivity contribution is -0.135. The van der Waals surface area contributed by atoms with E-state index in [1.165, 1.54) is 0 Å². The van der Waals surface area contributed by atoms with Gasteiger partial charge in [0, 0.05) is 5.02 Å². The summed E-state index contributed by atoms with van der Waals surface area (Å²) in [6, 6.07) is 10.5. The van der Waals surface area contributed by atoms with Gasteiger partial charge in [-0.05, 0) is 49.2 Å². The Hall–Kier alpha value is -2.93. The highest BCUT2D eigenvalue weighted by Crippen LogP contribution is 2.30. The van der Waals surface area contributed by atoms with Crippen LogP contribution in [0.25, 0.3) is 0 Å². The first-order valence-corrected chi connectivity index (χ1v) is 8.68. The van der Waals surface area contributed by atoms with E-state index in [1.54, 1.807) is 30.3 Å². The molecule has 0 bridgehead atoms. The number of nitrogens with one attached hydrogen (secondary N) is 2. The summed E-state index contributed by atoms with van der Waals surface area (Å²) in [5, 5.41) is 0.662. The van der Waals surface area contributed by atoms with E-state index in [2.05, 4.69) is 10.9 Å². The zero-order chi connectivity index (χ0) is 19.4. The Kier molecular flexibility index (Phi) is 5.71. The molecule has 8 heteroatoms. The highest BCUT2D eigenvalue weighted by Gasteiger charge is 2.27. The van der Waals surface area contributed by atoms with Gasteiger partial charge in [0.05, 0.1) is 0 Å². The highest BCUT2D eigenvalue weighted by molar-refractivity contribution is 6.32. The molecule has 142 valence electrons. The largest absolute Gasteiger partial charge is 0.485 e. The summed E-state index contributed by atoms with van der Waals surface area (Å²) in [5.41, 5.74) is 6.31. The Labute approximate surface area is 161 Å². The van der Waals surface area contributed by atoms with Crippen LogP contribution in [-0.4, -0.2) is 31.1 Å². The van der Waals surface area contributed by atoms with Crippen LogP contribution in [0.1, 0.15) is 11.1 Å². The second-order valence-corrected chi connectivity index (χ2v) is 6.44. The Balaban J connectivity index is 1.46. The second-order valence-electron chi connectivity index (χ2n) is 6.06. The summed E-state index contributed by atoms with van der Waals surface area (Å²) >= 11 is 6.10. The van der Waals surface area contributed by atoms with Crippen LogP contribution in [0, 0.1) is 13.8 Å². The molecule has 2 aromatic carbocycles. The van der Waals surface area contributed by atoms with Gasteiger partial charge in [-0.3, -0.25) is 20.4 Å². The third-order valence-corrected chi connectivity index (χ3v) is 4.50. The minimum Gasteiger partial charge on any atom is -0.485 e. The molecular formula is C19H19ClN2O5. The molecule has 0 spiro atoms. The van der Waals surface area contributed by atoms with Gasteiger partial charge in [0.2, 0.25) is 6.10 Å². The third kappa shape index (κ3) is 4.62. The highest BCUT2D eigenvalue weighted by atomic mass is 35.5. The van der Waals surface area contributed by atoms with E-state index in [9.17, 15) is 9.59 Å². The van der Waals surface area contributed by atoms with Gasteiger partial charge in [0.1, 0.15) is 12.4 Å². The maximum absolute atomic E-state index is 12.1.